The molecule has 0 heterocycles. The molecule has 0 N–H and O–H groups in total. The maximum atomic E-state index is 13.1. The number of aryl methyl sites for hydroxylation is 2. The Morgan fingerprint density at radius 2 is 1.77 bits per heavy atom. The van der Waals surface area contributed by atoms with Gasteiger partial charge in [-0.2, -0.15) is 0 Å². The second-order valence-electron chi connectivity index (χ2n) is 5.63. The van der Waals surface area contributed by atoms with Crippen LogP contribution in [0.2, 0.25) is 0 Å². The molecule has 0 spiro atoms. The van der Waals surface area contributed by atoms with Crippen LogP contribution in [0.1, 0.15) is 11.1 Å². The van der Waals surface area contributed by atoms with Crippen molar-refractivity contribution in [2.75, 3.05) is 18.0 Å². The number of esters is 1. The summed E-state index contributed by atoms with van der Waals surface area (Å²) in [5.41, 5.74) is 1.23. The maximum Gasteiger partial charge on any atom is 0.326 e. The van der Waals surface area contributed by atoms with Gasteiger partial charge < -0.3 is 4.74 Å². The van der Waals surface area contributed by atoms with Crippen LogP contribution in [0.3, 0.4) is 0 Å². The zero-order valence-corrected chi connectivity index (χ0v) is 15.3. The highest BCUT2D eigenvalue weighted by Gasteiger charge is 2.29. The highest BCUT2D eigenvalue weighted by molar-refractivity contribution is 7.92. The van der Waals surface area contributed by atoms with Crippen LogP contribution >= 0.6 is 0 Å². The number of hydrogen-bond donors (Lipinski definition) is 0. The lowest BCUT2D eigenvalue weighted by Crippen LogP contribution is -2.36. The normalized spacial score (nSPS) is 11.0. The van der Waals surface area contributed by atoms with E-state index in [1.165, 1.54) is 37.3 Å². The van der Waals surface area contributed by atoms with Crippen LogP contribution in [0.4, 0.5) is 11.4 Å². The Bertz CT molecular complexity index is 938. The van der Waals surface area contributed by atoms with Crippen molar-refractivity contribution in [3.05, 3.63) is 63.7 Å². The molecule has 0 aliphatic rings. The van der Waals surface area contributed by atoms with Crippen molar-refractivity contribution in [2.45, 2.75) is 18.7 Å². The summed E-state index contributed by atoms with van der Waals surface area (Å²) in [5.74, 6) is -0.751. The van der Waals surface area contributed by atoms with Gasteiger partial charge in [0.1, 0.15) is 6.54 Å². The van der Waals surface area contributed by atoms with Crippen LogP contribution in [-0.2, 0) is 19.6 Å². The number of carbonyl (C=O) groups excluding carboxylic acids is 1. The van der Waals surface area contributed by atoms with Crippen molar-refractivity contribution in [2.24, 2.45) is 0 Å². The third-order valence-corrected chi connectivity index (χ3v) is 5.54. The van der Waals surface area contributed by atoms with Crippen molar-refractivity contribution in [1.82, 2.24) is 0 Å². The molecule has 0 bridgehead atoms. The number of nitro benzene ring substituents is 1. The van der Waals surface area contributed by atoms with E-state index in [0.29, 0.717) is 5.56 Å². The average molecular weight is 378 g/mol. The second kappa shape index (κ2) is 7.52. The van der Waals surface area contributed by atoms with Crippen LogP contribution in [0.15, 0.2) is 47.4 Å². The summed E-state index contributed by atoms with van der Waals surface area (Å²) in [6.07, 6.45) is 0. The molecule has 0 saturated heterocycles. The number of ether oxygens (including phenoxy) is 1. The molecular weight excluding hydrogens is 360 g/mol. The van der Waals surface area contributed by atoms with Crippen LogP contribution in [-0.4, -0.2) is 33.0 Å². The minimum Gasteiger partial charge on any atom is -0.468 e. The Labute approximate surface area is 151 Å². The summed E-state index contributed by atoms with van der Waals surface area (Å²) >= 11 is 0. The monoisotopic (exact) mass is 378 g/mol. The molecule has 0 aliphatic carbocycles. The maximum absolute atomic E-state index is 13.1. The average Bonchev–Trinajstić information content (AvgIpc) is 2.59. The number of non-ortho nitro benzene ring substituents is 1. The van der Waals surface area contributed by atoms with E-state index in [1.54, 1.807) is 12.1 Å². The lowest BCUT2D eigenvalue weighted by Gasteiger charge is -2.25. The predicted molar refractivity (Wildman–Crippen MR) is 95.6 cm³/mol. The summed E-state index contributed by atoms with van der Waals surface area (Å²) in [4.78, 5) is 22.1. The number of hydrogen-bond acceptors (Lipinski definition) is 6. The molecule has 0 fully saturated rings. The number of benzene rings is 2. The highest BCUT2D eigenvalue weighted by Crippen LogP contribution is 2.29. The molecule has 0 aliphatic heterocycles. The molecule has 0 aromatic heterocycles. The van der Waals surface area contributed by atoms with Gasteiger partial charge in [0.15, 0.2) is 0 Å². The van der Waals surface area contributed by atoms with Crippen LogP contribution in [0.25, 0.3) is 0 Å². The number of sulfonamides is 1. The summed E-state index contributed by atoms with van der Waals surface area (Å²) in [5, 5.41) is 10.9. The SMILES string of the molecule is COC(=O)CN(c1ccc([N+](=O)[O-])cc1C)S(=O)(=O)c1ccc(C)cc1. The standard InChI is InChI=1S/C17H18N2O6S/c1-12-4-7-15(8-5-12)26(23,24)18(11-17(20)25-3)16-9-6-14(19(21)22)10-13(16)2/h4-10H,11H2,1-3H3. The molecule has 2 rings (SSSR count). The van der Waals surface area contributed by atoms with E-state index in [1.807, 2.05) is 6.92 Å². The molecular formula is C17H18N2O6S. The van der Waals surface area contributed by atoms with Gasteiger partial charge >= 0.3 is 5.97 Å². The molecule has 0 atom stereocenters. The first-order valence-electron chi connectivity index (χ1n) is 7.58. The quantitative estimate of drug-likeness (QED) is 0.434. The Hall–Kier alpha value is -2.94. The van der Waals surface area contributed by atoms with Gasteiger partial charge in [-0.05, 0) is 37.6 Å². The summed E-state index contributed by atoms with van der Waals surface area (Å²) in [7, 11) is -2.91. The van der Waals surface area contributed by atoms with E-state index in [0.717, 1.165) is 17.0 Å². The second-order valence-corrected chi connectivity index (χ2v) is 7.49. The first-order chi connectivity index (χ1) is 12.2. The fraction of sp³-hybridized carbons (Fsp3) is 0.235. The van der Waals surface area contributed by atoms with E-state index in [2.05, 4.69) is 4.74 Å². The molecule has 0 saturated carbocycles. The van der Waals surface area contributed by atoms with E-state index in [9.17, 15) is 23.3 Å². The molecule has 0 radical (unpaired) electrons. The molecule has 2 aromatic carbocycles. The van der Waals surface area contributed by atoms with E-state index >= 15 is 0 Å². The number of carbonyl (C=O) groups is 1. The van der Waals surface area contributed by atoms with Crippen LogP contribution in [0, 0.1) is 24.0 Å². The van der Waals surface area contributed by atoms with Gasteiger partial charge in [0.2, 0.25) is 0 Å². The molecule has 26 heavy (non-hydrogen) atoms. The lowest BCUT2D eigenvalue weighted by molar-refractivity contribution is -0.384. The van der Waals surface area contributed by atoms with Crippen molar-refractivity contribution in [3.8, 4) is 0 Å². The third kappa shape index (κ3) is 3.99. The zero-order chi connectivity index (χ0) is 19.5. The Balaban J connectivity index is 2.58. The van der Waals surface area contributed by atoms with Gasteiger partial charge in [-0.1, -0.05) is 17.7 Å². The minimum atomic E-state index is -4.07. The van der Waals surface area contributed by atoms with Gasteiger partial charge in [0.25, 0.3) is 15.7 Å². The lowest BCUT2D eigenvalue weighted by atomic mass is 10.2. The minimum absolute atomic E-state index is 0.00440. The van der Waals surface area contributed by atoms with Gasteiger partial charge in [0.05, 0.1) is 22.6 Å². The largest absolute Gasteiger partial charge is 0.468 e. The zero-order valence-electron chi connectivity index (χ0n) is 14.5. The van der Waals surface area contributed by atoms with E-state index in [-0.39, 0.29) is 16.3 Å². The van der Waals surface area contributed by atoms with E-state index < -0.39 is 27.5 Å². The Kier molecular flexibility index (Phi) is 5.61. The third-order valence-electron chi connectivity index (χ3n) is 3.77. The highest BCUT2D eigenvalue weighted by atomic mass is 32.2. The Morgan fingerprint density at radius 3 is 2.27 bits per heavy atom. The van der Waals surface area contributed by atoms with Crippen LogP contribution in [0.5, 0.6) is 0 Å². The molecule has 138 valence electrons. The molecule has 0 amide bonds. The topological polar surface area (TPSA) is 107 Å². The fourth-order valence-corrected chi connectivity index (χ4v) is 3.83. The molecule has 0 unspecified atom stereocenters. The number of methoxy groups -OCH3 is 1. The van der Waals surface area contributed by atoms with Gasteiger partial charge in [-0.25, -0.2) is 8.42 Å². The number of nitrogens with zero attached hydrogens (tertiary/aromatic N) is 2. The van der Waals surface area contributed by atoms with Crippen molar-refractivity contribution in [3.63, 3.8) is 0 Å². The summed E-state index contributed by atoms with van der Waals surface area (Å²) in [6.45, 7) is 2.81. The molecule has 9 heteroatoms. The fourth-order valence-electron chi connectivity index (χ4n) is 2.35. The van der Waals surface area contributed by atoms with Gasteiger partial charge in [-0.15, -0.1) is 0 Å². The number of nitro groups is 1. The van der Waals surface area contributed by atoms with Crippen LogP contribution < -0.4 is 4.31 Å². The Morgan fingerprint density at radius 1 is 1.15 bits per heavy atom. The van der Waals surface area contributed by atoms with Gasteiger partial charge in [-0.3, -0.25) is 19.2 Å². The van der Waals surface area contributed by atoms with Crippen molar-refractivity contribution in [1.29, 1.82) is 0 Å². The molecule has 2 aromatic rings. The van der Waals surface area contributed by atoms with Crippen molar-refractivity contribution < 1.29 is 22.9 Å². The molecule has 8 nitrogen and oxygen atoms in total. The predicted octanol–water partition coefficient (Wildman–Crippen LogP) is 2.58. The van der Waals surface area contributed by atoms with E-state index in [4.69, 9.17) is 0 Å². The first-order valence-corrected chi connectivity index (χ1v) is 9.02. The number of anilines is 1. The summed E-state index contributed by atoms with van der Waals surface area (Å²) in [6, 6.07) is 9.92. The smallest absolute Gasteiger partial charge is 0.326 e. The number of rotatable bonds is 6. The summed E-state index contributed by atoms with van der Waals surface area (Å²) < 4.78 is 31.6. The first kappa shape index (κ1) is 19.4. The van der Waals surface area contributed by atoms with Gasteiger partial charge in [0, 0.05) is 12.1 Å². The van der Waals surface area contributed by atoms with Crippen molar-refractivity contribution >= 4 is 27.4 Å².